The van der Waals surface area contributed by atoms with Crippen molar-refractivity contribution in [3.05, 3.63) is 94.5 Å². The fraction of sp³-hybridized carbons (Fsp3) is 0.214. The molecule has 0 atom stereocenters. The predicted molar refractivity (Wildman–Crippen MR) is 140 cm³/mol. The average Bonchev–Trinajstić information content (AvgIpc) is 3.07. The van der Waals surface area contributed by atoms with Crippen LogP contribution in [0.25, 0.3) is 5.69 Å². The van der Waals surface area contributed by atoms with Crippen molar-refractivity contribution in [2.24, 2.45) is 13.0 Å². The average molecular weight is 498 g/mol. The van der Waals surface area contributed by atoms with Crippen LogP contribution in [0.15, 0.2) is 77.7 Å². The van der Waals surface area contributed by atoms with Crippen LogP contribution in [-0.2, 0) is 11.8 Å². The van der Waals surface area contributed by atoms with E-state index in [4.69, 9.17) is 4.74 Å². The molecule has 2 heterocycles. The predicted octanol–water partition coefficient (Wildman–Crippen LogP) is 4.66. The van der Waals surface area contributed by atoms with E-state index < -0.39 is 5.91 Å². The maximum absolute atomic E-state index is 13.1. The van der Waals surface area contributed by atoms with Crippen molar-refractivity contribution < 1.29 is 14.3 Å². The van der Waals surface area contributed by atoms with Gasteiger partial charge in [-0.3, -0.25) is 19.1 Å². The normalized spacial score (nSPS) is 13.0. The van der Waals surface area contributed by atoms with Gasteiger partial charge in [-0.2, -0.15) is 0 Å². The summed E-state index contributed by atoms with van der Waals surface area (Å²) >= 11 is 0. The van der Waals surface area contributed by atoms with E-state index in [9.17, 15) is 14.4 Å². The molecule has 0 spiro atoms. The van der Waals surface area contributed by atoms with Gasteiger partial charge in [-0.15, -0.1) is 0 Å². The first-order chi connectivity index (χ1) is 17.9. The lowest BCUT2D eigenvalue weighted by Gasteiger charge is -2.23. The number of aromatic nitrogens is 3. The standard InChI is InChI=1S/C28H27N5O4/c1-18-25(28(36)33(32(18)2)21-9-4-3-5-10-21)27(35)30-20-11-13-22(14-12-20)37-23-15-16-29-24(17-23)31-26(34)19-7-6-8-19/h3-5,9-17,19H,6-8H2,1-2H3,(H,30,35)(H,29,31,34). The number of hydrogen-bond acceptors (Lipinski definition) is 5. The molecule has 0 radical (unpaired) electrons. The highest BCUT2D eigenvalue weighted by Crippen LogP contribution is 2.28. The molecule has 2 amide bonds. The van der Waals surface area contributed by atoms with Crippen molar-refractivity contribution in [2.45, 2.75) is 26.2 Å². The van der Waals surface area contributed by atoms with E-state index in [1.807, 2.05) is 30.3 Å². The van der Waals surface area contributed by atoms with E-state index in [0.29, 0.717) is 34.4 Å². The van der Waals surface area contributed by atoms with Gasteiger partial charge in [-0.05, 0) is 62.2 Å². The van der Waals surface area contributed by atoms with Crippen molar-refractivity contribution in [1.82, 2.24) is 14.3 Å². The Morgan fingerprint density at radius 2 is 1.70 bits per heavy atom. The molecule has 2 aromatic heterocycles. The van der Waals surface area contributed by atoms with Gasteiger partial charge in [0.2, 0.25) is 5.91 Å². The summed E-state index contributed by atoms with van der Waals surface area (Å²) in [6, 6.07) is 19.4. The summed E-state index contributed by atoms with van der Waals surface area (Å²) in [4.78, 5) is 42.5. The van der Waals surface area contributed by atoms with Crippen molar-refractivity contribution >= 4 is 23.3 Å². The summed E-state index contributed by atoms with van der Waals surface area (Å²) in [5.74, 6) is 1.08. The zero-order valence-corrected chi connectivity index (χ0v) is 20.6. The number of nitrogens with zero attached hydrogens (tertiary/aromatic N) is 3. The molecule has 9 nitrogen and oxygen atoms in total. The molecule has 9 heteroatoms. The van der Waals surface area contributed by atoms with E-state index in [-0.39, 0.29) is 22.9 Å². The topological polar surface area (TPSA) is 107 Å². The molecule has 1 saturated carbocycles. The quantitative estimate of drug-likeness (QED) is 0.386. The summed E-state index contributed by atoms with van der Waals surface area (Å²) in [7, 11) is 1.75. The highest BCUT2D eigenvalue weighted by atomic mass is 16.5. The van der Waals surface area contributed by atoms with E-state index >= 15 is 0 Å². The second-order valence-electron chi connectivity index (χ2n) is 9.01. The molecule has 5 rings (SSSR count). The molecule has 0 unspecified atom stereocenters. The first-order valence-electron chi connectivity index (χ1n) is 12.1. The first-order valence-corrected chi connectivity index (χ1v) is 12.1. The highest BCUT2D eigenvalue weighted by Gasteiger charge is 2.25. The van der Waals surface area contributed by atoms with E-state index in [0.717, 1.165) is 19.3 Å². The zero-order valence-electron chi connectivity index (χ0n) is 20.6. The Hall–Kier alpha value is -4.66. The van der Waals surface area contributed by atoms with Gasteiger partial charge in [-0.25, -0.2) is 9.67 Å². The Labute approximate surface area is 213 Å². The van der Waals surface area contributed by atoms with Gasteiger partial charge in [0, 0.05) is 30.9 Å². The monoisotopic (exact) mass is 497 g/mol. The van der Waals surface area contributed by atoms with E-state index in [1.165, 1.54) is 4.68 Å². The van der Waals surface area contributed by atoms with Gasteiger partial charge in [0.1, 0.15) is 22.9 Å². The van der Waals surface area contributed by atoms with Gasteiger partial charge < -0.3 is 15.4 Å². The molecule has 37 heavy (non-hydrogen) atoms. The molecule has 0 saturated heterocycles. The summed E-state index contributed by atoms with van der Waals surface area (Å²) in [6.45, 7) is 1.74. The molecular weight excluding hydrogens is 470 g/mol. The molecule has 0 aliphatic heterocycles. The van der Waals surface area contributed by atoms with Crippen molar-refractivity contribution in [2.75, 3.05) is 10.6 Å². The van der Waals surface area contributed by atoms with Crippen molar-refractivity contribution in [3.63, 3.8) is 0 Å². The second-order valence-corrected chi connectivity index (χ2v) is 9.01. The second kappa shape index (κ2) is 10.1. The third-order valence-electron chi connectivity index (χ3n) is 6.59. The number of anilines is 2. The molecule has 1 aliphatic carbocycles. The van der Waals surface area contributed by atoms with Gasteiger partial charge in [0.25, 0.3) is 11.5 Å². The lowest BCUT2D eigenvalue weighted by atomic mass is 9.85. The van der Waals surface area contributed by atoms with Gasteiger partial charge >= 0.3 is 0 Å². The molecule has 4 aromatic rings. The maximum atomic E-state index is 13.1. The van der Waals surface area contributed by atoms with Crippen LogP contribution in [0.2, 0.25) is 0 Å². The summed E-state index contributed by atoms with van der Waals surface area (Å²) < 4.78 is 9.03. The van der Waals surface area contributed by atoms with Crippen LogP contribution in [0, 0.1) is 12.8 Å². The number of ether oxygens (including phenoxy) is 1. The lowest BCUT2D eigenvalue weighted by molar-refractivity contribution is -0.122. The fourth-order valence-corrected chi connectivity index (χ4v) is 4.21. The van der Waals surface area contributed by atoms with Gasteiger partial charge in [-0.1, -0.05) is 24.6 Å². The number of pyridine rings is 1. The Balaban J connectivity index is 1.26. The van der Waals surface area contributed by atoms with Crippen LogP contribution >= 0.6 is 0 Å². The van der Waals surface area contributed by atoms with Crippen molar-refractivity contribution in [1.29, 1.82) is 0 Å². The number of nitrogens with one attached hydrogen (secondary N) is 2. The number of carbonyl (C=O) groups excluding carboxylic acids is 2. The molecule has 2 N–H and O–H groups in total. The van der Waals surface area contributed by atoms with E-state index in [1.54, 1.807) is 61.2 Å². The number of amides is 2. The minimum Gasteiger partial charge on any atom is -0.457 e. The number of hydrogen-bond donors (Lipinski definition) is 2. The van der Waals surface area contributed by atoms with Crippen LogP contribution in [0.3, 0.4) is 0 Å². The van der Waals surface area contributed by atoms with Crippen LogP contribution in [-0.4, -0.2) is 26.2 Å². The Morgan fingerprint density at radius 1 is 0.973 bits per heavy atom. The Morgan fingerprint density at radius 3 is 2.38 bits per heavy atom. The van der Waals surface area contributed by atoms with Crippen LogP contribution < -0.4 is 20.9 Å². The fourth-order valence-electron chi connectivity index (χ4n) is 4.21. The van der Waals surface area contributed by atoms with Gasteiger partial charge in [0.15, 0.2) is 0 Å². The van der Waals surface area contributed by atoms with Gasteiger partial charge in [0.05, 0.1) is 11.4 Å². The third-order valence-corrected chi connectivity index (χ3v) is 6.59. The number of benzene rings is 2. The molecule has 1 fully saturated rings. The van der Waals surface area contributed by atoms with Crippen LogP contribution in [0.1, 0.15) is 35.3 Å². The molecule has 1 aliphatic rings. The minimum atomic E-state index is -0.484. The molecule has 2 aromatic carbocycles. The Bertz CT molecular complexity index is 1500. The SMILES string of the molecule is Cc1c(C(=O)Nc2ccc(Oc3ccnc(NC(=O)C4CCC4)c3)cc2)c(=O)n(-c2ccccc2)n1C. The lowest BCUT2D eigenvalue weighted by Crippen LogP contribution is -2.28. The largest absolute Gasteiger partial charge is 0.457 e. The molecule has 0 bridgehead atoms. The third kappa shape index (κ3) is 5.02. The zero-order chi connectivity index (χ0) is 25.9. The summed E-state index contributed by atoms with van der Waals surface area (Å²) in [6.07, 6.45) is 4.49. The van der Waals surface area contributed by atoms with E-state index in [2.05, 4.69) is 15.6 Å². The highest BCUT2D eigenvalue weighted by molar-refractivity contribution is 6.05. The number of para-hydroxylation sites is 1. The Kier molecular flexibility index (Phi) is 6.59. The summed E-state index contributed by atoms with van der Waals surface area (Å²) in [5, 5.41) is 5.63. The van der Waals surface area contributed by atoms with Crippen molar-refractivity contribution in [3.8, 4) is 17.2 Å². The number of rotatable bonds is 7. The van der Waals surface area contributed by atoms with Crippen LogP contribution in [0.5, 0.6) is 11.5 Å². The maximum Gasteiger partial charge on any atom is 0.284 e. The summed E-state index contributed by atoms with van der Waals surface area (Å²) in [5.41, 5.74) is 1.46. The molecular formula is C28H27N5O4. The smallest absolute Gasteiger partial charge is 0.284 e. The number of carbonyl (C=O) groups is 2. The van der Waals surface area contributed by atoms with Crippen LogP contribution in [0.4, 0.5) is 11.5 Å². The molecule has 188 valence electrons. The first kappa shape index (κ1) is 24.1. The minimum absolute atomic E-state index is 0.0137.